The Morgan fingerprint density at radius 3 is 2.81 bits per heavy atom. The van der Waals surface area contributed by atoms with E-state index in [2.05, 4.69) is 5.32 Å². The molecule has 1 heterocycles. The smallest absolute Gasteiger partial charge is 0.129 e. The van der Waals surface area contributed by atoms with Crippen molar-refractivity contribution >= 4 is 0 Å². The molecular weight excluding hydrogens is 272 g/mol. The van der Waals surface area contributed by atoms with Gasteiger partial charge in [0.05, 0.1) is 6.26 Å². The van der Waals surface area contributed by atoms with E-state index in [1.165, 1.54) is 23.8 Å². The highest BCUT2D eigenvalue weighted by molar-refractivity contribution is 5.25. The number of benzene rings is 1. The van der Waals surface area contributed by atoms with Crippen molar-refractivity contribution in [3.05, 3.63) is 59.1 Å². The largest absolute Gasteiger partial charge is 0.469 e. The second kappa shape index (κ2) is 5.98. The van der Waals surface area contributed by atoms with Crippen molar-refractivity contribution in [2.75, 3.05) is 0 Å². The minimum absolute atomic E-state index is 0.0118. The van der Waals surface area contributed by atoms with E-state index in [1.54, 1.807) is 6.26 Å². The average molecular weight is 291 g/mol. The van der Waals surface area contributed by atoms with Gasteiger partial charge in [-0.1, -0.05) is 6.07 Å². The average Bonchev–Trinajstić information content (AvgIpc) is 2.93. The first-order valence-corrected chi connectivity index (χ1v) is 7.40. The molecule has 0 fully saturated rings. The van der Waals surface area contributed by atoms with Crippen LogP contribution in [0.3, 0.4) is 0 Å². The minimum Gasteiger partial charge on any atom is -0.469 e. The summed E-state index contributed by atoms with van der Waals surface area (Å²) >= 11 is 0. The molecule has 4 heteroatoms. The molecule has 1 aromatic heterocycles. The summed E-state index contributed by atoms with van der Waals surface area (Å²) in [6.07, 6.45) is 5.11. The van der Waals surface area contributed by atoms with Crippen LogP contribution in [0, 0.1) is 11.6 Å². The fraction of sp³-hybridized carbons (Fsp3) is 0.412. The highest BCUT2D eigenvalue weighted by atomic mass is 19.1. The molecule has 2 nitrogen and oxygen atoms in total. The number of aryl methyl sites for hydroxylation is 1. The van der Waals surface area contributed by atoms with Gasteiger partial charge in [-0.05, 0) is 44.4 Å². The maximum absolute atomic E-state index is 13.7. The van der Waals surface area contributed by atoms with Crippen LogP contribution in [0.15, 0.2) is 34.9 Å². The molecule has 2 atom stereocenters. The van der Waals surface area contributed by atoms with Crippen LogP contribution < -0.4 is 5.32 Å². The first kappa shape index (κ1) is 14.3. The zero-order chi connectivity index (χ0) is 14.8. The first-order valence-electron chi connectivity index (χ1n) is 7.40. The van der Waals surface area contributed by atoms with Gasteiger partial charge in [-0.25, -0.2) is 8.78 Å². The monoisotopic (exact) mass is 291 g/mol. The van der Waals surface area contributed by atoms with Gasteiger partial charge < -0.3 is 9.73 Å². The van der Waals surface area contributed by atoms with Gasteiger partial charge in [0.15, 0.2) is 0 Å². The van der Waals surface area contributed by atoms with Crippen LogP contribution in [0.1, 0.15) is 42.7 Å². The maximum Gasteiger partial charge on any atom is 0.129 e. The molecule has 0 amide bonds. The third kappa shape index (κ3) is 3.00. The molecule has 2 aromatic rings. The Bertz CT molecular complexity index is 603. The molecule has 2 unspecified atom stereocenters. The molecule has 1 aliphatic carbocycles. The van der Waals surface area contributed by atoms with Crippen LogP contribution in [0.5, 0.6) is 0 Å². The molecule has 3 rings (SSSR count). The Hall–Kier alpha value is -1.68. The SMILES string of the molecule is CC(Cc1c(F)cccc1F)NC1CCCc2occc21. The Kier molecular flexibility index (Phi) is 4.06. The maximum atomic E-state index is 13.7. The Labute approximate surface area is 123 Å². The lowest BCUT2D eigenvalue weighted by atomic mass is 9.92. The third-order valence-electron chi connectivity index (χ3n) is 4.11. The summed E-state index contributed by atoms with van der Waals surface area (Å²) in [4.78, 5) is 0. The fourth-order valence-corrected chi connectivity index (χ4v) is 3.10. The molecule has 0 bridgehead atoms. The molecule has 0 radical (unpaired) electrons. The number of furan rings is 1. The molecule has 1 aromatic carbocycles. The van der Waals surface area contributed by atoms with Gasteiger partial charge in [0.2, 0.25) is 0 Å². The molecular formula is C17H19F2NO. The summed E-state index contributed by atoms with van der Waals surface area (Å²) in [6.45, 7) is 1.96. The second-order valence-corrected chi connectivity index (χ2v) is 5.72. The van der Waals surface area contributed by atoms with Gasteiger partial charge in [0.25, 0.3) is 0 Å². The number of nitrogens with one attached hydrogen (secondary N) is 1. The van der Waals surface area contributed by atoms with Crippen LogP contribution in [0.4, 0.5) is 8.78 Å². The van der Waals surface area contributed by atoms with Crippen molar-refractivity contribution in [1.29, 1.82) is 0 Å². The molecule has 0 aliphatic heterocycles. The van der Waals surface area contributed by atoms with Gasteiger partial charge >= 0.3 is 0 Å². The van der Waals surface area contributed by atoms with Crippen molar-refractivity contribution in [1.82, 2.24) is 5.32 Å². The lowest BCUT2D eigenvalue weighted by Crippen LogP contribution is -2.34. The van der Waals surface area contributed by atoms with Crippen LogP contribution in [-0.2, 0) is 12.8 Å². The molecule has 1 N–H and O–H groups in total. The zero-order valence-electron chi connectivity index (χ0n) is 12.0. The van der Waals surface area contributed by atoms with E-state index in [4.69, 9.17) is 4.42 Å². The summed E-state index contributed by atoms with van der Waals surface area (Å²) in [6, 6.07) is 6.19. The van der Waals surface area contributed by atoms with E-state index < -0.39 is 11.6 Å². The van der Waals surface area contributed by atoms with E-state index >= 15 is 0 Å². The second-order valence-electron chi connectivity index (χ2n) is 5.72. The topological polar surface area (TPSA) is 25.2 Å². The molecule has 0 spiro atoms. The molecule has 112 valence electrons. The summed E-state index contributed by atoms with van der Waals surface area (Å²) in [5, 5.41) is 3.47. The zero-order valence-corrected chi connectivity index (χ0v) is 12.0. The highest BCUT2D eigenvalue weighted by Gasteiger charge is 2.24. The van der Waals surface area contributed by atoms with E-state index in [9.17, 15) is 8.78 Å². The number of rotatable bonds is 4. The standard InChI is InChI=1S/C17H19F2NO/c1-11(10-13-14(18)4-2-5-15(13)19)20-16-6-3-7-17-12(16)8-9-21-17/h2,4-5,8-9,11,16,20H,3,6-7,10H2,1H3. The van der Waals surface area contributed by atoms with E-state index in [0.29, 0.717) is 6.42 Å². The van der Waals surface area contributed by atoms with Gasteiger partial charge in [0, 0.05) is 29.6 Å². The highest BCUT2D eigenvalue weighted by Crippen LogP contribution is 2.31. The lowest BCUT2D eigenvalue weighted by molar-refractivity contribution is 0.376. The summed E-state index contributed by atoms with van der Waals surface area (Å²) in [7, 11) is 0. The van der Waals surface area contributed by atoms with E-state index in [0.717, 1.165) is 25.0 Å². The van der Waals surface area contributed by atoms with E-state index in [-0.39, 0.29) is 17.6 Å². The number of hydrogen-bond acceptors (Lipinski definition) is 2. The van der Waals surface area contributed by atoms with Crippen LogP contribution in [-0.4, -0.2) is 6.04 Å². The van der Waals surface area contributed by atoms with Crippen LogP contribution >= 0.6 is 0 Å². The van der Waals surface area contributed by atoms with Crippen molar-refractivity contribution < 1.29 is 13.2 Å². The van der Waals surface area contributed by atoms with Crippen molar-refractivity contribution in [3.63, 3.8) is 0 Å². The predicted molar refractivity (Wildman–Crippen MR) is 77.0 cm³/mol. The number of hydrogen-bond donors (Lipinski definition) is 1. The first-order chi connectivity index (χ1) is 10.1. The van der Waals surface area contributed by atoms with Gasteiger partial charge in [0.1, 0.15) is 17.4 Å². The molecule has 0 saturated carbocycles. The van der Waals surface area contributed by atoms with Gasteiger partial charge in [-0.2, -0.15) is 0 Å². The van der Waals surface area contributed by atoms with Crippen molar-refractivity contribution in [3.8, 4) is 0 Å². The van der Waals surface area contributed by atoms with Crippen molar-refractivity contribution in [2.45, 2.75) is 44.7 Å². The van der Waals surface area contributed by atoms with Crippen molar-refractivity contribution in [2.24, 2.45) is 0 Å². The van der Waals surface area contributed by atoms with Gasteiger partial charge in [-0.15, -0.1) is 0 Å². The Balaban J connectivity index is 1.69. The summed E-state index contributed by atoms with van der Waals surface area (Å²) in [5.41, 5.74) is 1.34. The van der Waals surface area contributed by atoms with E-state index in [1.807, 2.05) is 13.0 Å². The quantitative estimate of drug-likeness (QED) is 0.915. The number of fused-ring (bicyclic) bond motifs is 1. The van der Waals surface area contributed by atoms with Crippen LogP contribution in [0.2, 0.25) is 0 Å². The molecule has 0 saturated heterocycles. The number of halogens is 2. The Morgan fingerprint density at radius 2 is 2.05 bits per heavy atom. The molecule has 1 aliphatic rings. The summed E-state index contributed by atoms with van der Waals surface area (Å²) in [5.74, 6) is 0.0793. The van der Waals surface area contributed by atoms with Crippen LogP contribution in [0.25, 0.3) is 0 Å². The lowest BCUT2D eigenvalue weighted by Gasteiger charge is -2.26. The fourth-order valence-electron chi connectivity index (χ4n) is 3.10. The van der Waals surface area contributed by atoms with Gasteiger partial charge in [-0.3, -0.25) is 0 Å². The summed E-state index contributed by atoms with van der Waals surface area (Å²) < 4.78 is 32.9. The normalized spacial score (nSPS) is 19.3. The minimum atomic E-state index is -0.476. The molecule has 21 heavy (non-hydrogen) atoms. The third-order valence-corrected chi connectivity index (χ3v) is 4.11. The Morgan fingerprint density at radius 1 is 1.29 bits per heavy atom. The predicted octanol–water partition coefficient (Wildman–Crippen LogP) is 4.16.